The van der Waals surface area contributed by atoms with Gasteiger partial charge in [0.15, 0.2) is 0 Å². The molecule has 2 rings (SSSR count). The van der Waals surface area contributed by atoms with Crippen LogP contribution in [0.4, 0.5) is 4.79 Å². The molecule has 1 aliphatic heterocycles. The van der Waals surface area contributed by atoms with Crippen molar-refractivity contribution in [2.24, 2.45) is 5.92 Å². The van der Waals surface area contributed by atoms with Crippen LogP contribution >= 0.6 is 0 Å². The Labute approximate surface area is 124 Å². The molecule has 6 nitrogen and oxygen atoms in total. The monoisotopic (exact) mass is 294 g/mol. The minimum atomic E-state index is -0.827. The van der Waals surface area contributed by atoms with Gasteiger partial charge in [-0.1, -0.05) is 0 Å². The van der Waals surface area contributed by atoms with Crippen LogP contribution in [0.2, 0.25) is 0 Å². The topological polar surface area (TPSA) is 82.8 Å². The summed E-state index contributed by atoms with van der Waals surface area (Å²) in [5, 5.41) is 11.8. The zero-order valence-electron chi connectivity index (χ0n) is 12.5. The highest BCUT2D eigenvalue weighted by molar-refractivity contribution is 5.77. The summed E-state index contributed by atoms with van der Waals surface area (Å²) in [5.41, 5.74) is 0. The predicted molar refractivity (Wildman–Crippen MR) is 77.1 cm³/mol. The first-order chi connectivity index (χ1) is 9.95. The van der Waals surface area contributed by atoms with Gasteiger partial charge in [-0.15, -0.1) is 0 Å². The smallest absolute Gasteiger partial charge is 0.317 e. The standard InChI is InChI=1S/C15H22N2O4/c1-10(3-5-13-6-4-11(2)21-13)16-15(20)17-8-7-12(9-17)14(18)19/h4,6,10,12H,3,5,7-9H2,1-2H3,(H,16,20)(H,18,19). The molecule has 2 heterocycles. The van der Waals surface area contributed by atoms with Gasteiger partial charge < -0.3 is 19.7 Å². The molecule has 0 spiro atoms. The molecule has 0 saturated carbocycles. The van der Waals surface area contributed by atoms with E-state index < -0.39 is 11.9 Å². The second kappa shape index (κ2) is 6.65. The molecular formula is C15H22N2O4. The quantitative estimate of drug-likeness (QED) is 0.870. The summed E-state index contributed by atoms with van der Waals surface area (Å²) in [6.45, 7) is 4.65. The summed E-state index contributed by atoms with van der Waals surface area (Å²) >= 11 is 0. The number of carbonyl (C=O) groups is 2. The number of nitrogens with zero attached hydrogens (tertiary/aromatic N) is 1. The summed E-state index contributed by atoms with van der Waals surface area (Å²) in [5.74, 6) is 0.544. The van der Waals surface area contributed by atoms with E-state index in [4.69, 9.17) is 9.52 Å². The summed E-state index contributed by atoms with van der Waals surface area (Å²) in [7, 11) is 0. The number of rotatable bonds is 5. The van der Waals surface area contributed by atoms with E-state index in [-0.39, 0.29) is 12.1 Å². The number of aryl methyl sites for hydroxylation is 2. The van der Waals surface area contributed by atoms with Gasteiger partial charge in [-0.25, -0.2) is 4.79 Å². The van der Waals surface area contributed by atoms with Crippen LogP contribution in [-0.2, 0) is 11.2 Å². The maximum atomic E-state index is 12.0. The lowest BCUT2D eigenvalue weighted by atomic mass is 10.1. The number of hydrogen-bond acceptors (Lipinski definition) is 3. The van der Waals surface area contributed by atoms with Crippen molar-refractivity contribution in [2.45, 2.75) is 39.2 Å². The van der Waals surface area contributed by atoms with Crippen LogP contribution in [0.3, 0.4) is 0 Å². The highest BCUT2D eigenvalue weighted by Gasteiger charge is 2.31. The van der Waals surface area contributed by atoms with Crippen LogP contribution < -0.4 is 5.32 Å². The van der Waals surface area contributed by atoms with E-state index in [2.05, 4.69) is 5.32 Å². The summed E-state index contributed by atoms with van der Waals surface area (Å²) < 4.78 is 5.49. The van der Waals surface area contributed by atoms with E-state index in [1.807, 2.05) is 26.0 Å². The number of amides is 2. The van der Waals surface area contributed by atoms with Crippen molar-refractivity contribution in [1.29, 1.82) is 0 Å². The number of furan rings is 1. The molecule has 1 aliphatic rings. The molecule has 21 heavy (non-hydrogen) atoms. The normalized spacial score (nSPS) is 19.5. The Balaban J connectivity index is 1.73. The molecule has 1 aromatic rings. The maximum absolute atomic E-state index is 12.0. The predicted octanol–water partition coefficient (Wildman–Crippen LogP) is 2.03. The summed E-state index contributed by atoms with van der Waals surface area (Å²) in [6, 6.07) is 3.71. The van der Waals surface area contributed by atoms with Crippen molar-refractivity contribution >= 4 is 12.0 Å². The van der Waals surface area contributed by atoms with Gasteiger partial charge in [0, 0.05) is 25.6 Å². The van der Waals surface area contributed by atoms with E-state index in [0.717, 1.165) is 24.4 Å². The molecular weight excluding hydrogens is 272 g/mol. The average Bonchev–Trinajstić information content (AvgIpc) is 3.05. The molecule has 2 atom stereocenters. The van der Waals surface area contributed by atoms with Crippen LogP contribution in [0.1, 0.15) is 31.3 Å². The average molecular weight is 294 g/mol. The molecule has 2 N–H and O–H groups in total. The minimum absolute atomic E-state index is 0.0202. The first-order valence-electron chi connectivity index (χ1n) is 7.29. The second-order valence-corrected chi connectivity index (χ2v) is 5.67. The van der Waals surface area contributed by atoms with Gasteiger partial charge >= 0.3 is 12.0 Å². The van der Waals surface area contributed by atoms with Crippen LogP contribution in [-0.4, -0.2) is 41.1 Å². The number of aliphatic carboxylic acids is 1. The van der Waals surface area contributed by atoms with Crippen molar-refractivity contribution in [3.8, 4) is 0 Å². The Kier molecular flexibility index (Phi) is 4.88. The maximum Gasteiger partial charge on any atom is 0.317 e. The lowest BCUT2D eigenvalue weighted by Gasteiger charge is -2.20. The number of carboxylic acids is 1. The first kappa shape index (κ1) is 15.4. The van der Waals surface area contributed by atoms with E-state index in [9.17, 15) is 9.59 Å². The van der Waals surface area contributed by atoms with Gasteiger partial charge in [0.1, 0.15) is 11.5 Å². The van der Waals surface area contributed by atoms with Gasteiger partial charge in [-0.05, 0) is 38.8 Å². The minimum Gasteiger partial charge on any atom is -0.481 e. The van der Waals surface area contributed by atoms with Crippen molar-refractivity contribution in [3.63, 3.8) is 0 Å². The molecule has 0 radical (unpaired) electrons. The van der Waals surface area contributed by atoms with E-state index in [0.29, 0.717) is 19.5 Å². The third-order valence-electron chi connectivity index (χ3n) is 3.81. The SMILES string of the molecule is Cc1ccc(CCC(C)NC(=O)N2CCC(C(=O)O)C2)o1. The van der Waals surface area contributed by atoms with Crippen molar-refractivity contribution in [2.75, 3.05) is 13.1 Å². The first-order valence-corrected chi connectivity index (χ1v) is 7.29. The third kappa shape index (κ3) is 4.24. The zero-order chi connectivity index (χ0) is 15.4. The second-order valence-electron chi connectivity index (χ2n) is 5.67. The number of likely N-dealkylation sites (tertiary alicyclic amines) is 1. The molecule has 1 aromatic heterocycles. The molecule has 1 fully saturated rings. The van der Waals surface area contributed by atoms with Gasteiger partial charge in [-0.3, -0.25) is 4.79 Å². The fourth-order valence-electron chi connectivity index (χ4n) is 2.50. The number of carboxylic acid groups (broad SMARTS) is 1. The molecule has 1 saturated heterocycles. The number of carbonyl (C=O) groups excluding carboxylic acids is 1. The molecule has 0 aromatic carbocycles. The van der Waals surface area contributed by atoms with E-state index in [1.165, 1.54) is 0 Å². The Hall–Kier alpha value is -1.98. The third-order valence-corrected chi connectivity index (χ3v) is 3.81. The fraction of sp³-hybridized carbons (Fsp3) is 0.600. The van der Waals surface area contributed by atoms with Crippen LogP contribution in [0.25, 0.3) is 0 Å². The molecule has 2 unspecified atom stereocenters. The van der Waals surface area contributed by atoms with Crippen molar-refractivity contribution < 1.29 is 19.1 Å². The van der Waals surface area contributed by atoms with Gasteiger partial charge in [0.05, 0.1) is 5.92 Å². The van der Waals surface area contributed by atoms with E-state index in [1.54, 1.807) is 4.90 Å². The number of nitrogens with one attached hydrogen (secondary N) is 1. The lowest BCUT2D eigenvalue weighted by molar-refractivity contribution is -0.141. The van der Waals surface area contributed by atoms with Crippen LogP contribution in [0, 0.1) is 12.8 Å². The highest BCUT2D eigenvalue weighted by atomic mass is 16.4. The Morgan fingerprint density at radius 2 is 2.29 bits per heavy atom. The summed E-state index contributed by atoms with van der Waals surface area (Å²) in [4.78, 5) is 24.5. The molecule has 6 heteroatoms. The number of hydrogen-bond donors (Lipinski definition) is 2. The molecule has 116 valence electrons. The molecule has 2 amide bonds. The van der Waals surface area contributed by atoms with Crippen LogP contribution in [0.15, 0.2) is 16.5 Å². The fourth-order valence-corrected chi connectivity index (χ4v) is 2.50. The van der Waals surface area contributed by atoms with Gasteiger partial charge in [-0.2, -0.15) is 0 Å². The van der Waals surface area contributed by atoms with Crippen molar-refractivity contribution in [3.05, 3.63) is 23.7 Å². The van der Waals surface area contributed by atoms with Gasteiger partial charge in [0.2, 0.25) is 0 Å². The Morgan fingerprint density at radius 1 is 1.52 bits per heavy atom. The largest absolute Gasteiger partial charge is 0.481 e. The van der Waals surface area contributed by atoms with Gasteiger partial charge in [0.25, 0.3) is 0 Å². The summed E-state index contributed by atoms with van der Waals surface area (Å²) in [6.07, 6.45) is 2.09. The Bertz CT molecular complexity index is 512. The lowest BCUT2D eigenvalue weighted by Crippen LogP contribution is -2.43. The molecule has 0 bridgehead atoms. The highest BCUT2D eigenvalue weighted by Crippen LogP contribution is 2.16. The van der Waals surface area contributed by atoms with E-state index >= 15 is 0 Å². The number of urea groups is 1. The molecule has 0 aliphatic carbocycles. The van der Waals surface area contributed by atoms with Crippen molar-refractivity contribution in [1.82, 2.24) is 10.2 Å². The Morgan fingerprint density at radius 3 is 2.86 bits per heavy atom. The van der Waals surface area contributed by atoms with Crippen LogP contribution in [0.5, 0.6) is 0 Å². The zero-order valence-corrected chi connectivity index (χ0v) is 12.5.